The molecular weight excluding hydrogens is 641 g/mol. The van der Waals surface area contributed by atoms with Crippen LogP contribution in [0, 0.1) is 11.6 Å². The van der Waals surface area contributed by atoms with Gasteiger partial charge < -0.3 is 19.9 Å². The van der Waals surface area contributed by atoms with E-state index in [2.05, 4.69) is 43.9 Å². The lowest BCUT2D eigenvalue weighted by molar-refractivity contribution is 0.249. The van der Waals surface area contributed by atoms with Gasteiger partial charge in [0.1, 0.15) is 32.2 Å². The molecule has 46 heavy (non-hydrogen) atoms. The molecule has 2 N–H and O–H groups in total. The van der Waals surface area contributed by atoms with Gasteiger partial charge in [-0.25, -0.2) is 35.6 Å². The smallest absolute Gasteiger partial charge is 0.267 e. The Hall–Kier alpha value is -4.15. The molecule has 1 fully saturated rings. The number of sulfone groups is 1. The van der Waals surface area contributed by atoms with Crippen molar-refractivity contribution in [3.8, 4) is 17.0 Å². The first-order valence-corrected chi connectivity index (χ1v) is 18.0. The first kappa shape index (κ1) is 33.2. The maximum absolute atomic E-state index is 14.3. The summed E-state index contributed by atoms with van der Waals surface area (Å²) in [5.41, 5.74) is 1.21. The molecule has 0 unspecified atom stereocenters. The average Bonchev–Trinajstić information content (AvgIpc) is 3.01. The summed E-state index contributed by atoms with van der Waals surface area (Å²) in [4.78, 5) is 17.6. The number of nitrogens with one attached hydrogen (secondary N) is 2. The molecule has 2 aromatic carbocycles. The number of sulfonamides is 1. The van der Waals surface area contributed by atoms with Gasteiger partial charge >= 0.3 is 0 Å². The van der Waals surface area contributed by atoms with Crippen LogP contribution in [0.1, 0.15) is 12.8 Å². The molecule has 2 aromatic heterocycles. The van der Waals surface area contributed by atoms with E-state index in [-0.39, 0.29) is 23.1 Å². The molecule has 5 rings (SSSR count). The van der Waals surface area contributed by atoms with Gasteiger partial charge in [0.15, 0.2) is 0 Å². The van der Waals surface area contributed by atoms with E-state index in [0.29, 0.717) is 45.9 Å². The molecular formula is C30H35F2N7O5S2. The molecule has 12 nitrogen and oxygen atoms in total. The van der Waals surface area contributed by atoms with E-state index in [0.717, 1.165) is 38.1 Å². The van der Waals surface area contributed by atoms with Crippen molar-refractivity contribution in [3.63, 3.8) is 0 Å². The predicted molar refractivity (Wildman–Crippen MR) is 174 cm³/mol. The lowest BCUT2D eigenvalue weighted by Crippen LogP contribution is -2.42. The van der Waals surface area contributed by atoms with Crippen LogP contribution in [0.25, 0.3) is 22.0 Å². The minimum atomic E-state index is -4.42. The number of hydrogen-bond donors (Lipinski definition) is 2. The number of anilines is 3. The van der Waals surface area contributed by atoms with Crippen LogP contribution in [0.3, 0.4) is 0 Å². The summed E-state index contributed by atoms with van der Waals surface area (Å²) in [5.74, 6) is -1.25. The van der Waals surface area contributed by atoms with E-state index >= 15 is 0 Å². The predicted octanol–water partition coefficient (Wildman–Crippen LogP) is 3.77. The Labute approximate surface area is 266 Å². The highest BCUT2D eigenvalue weighted by molar-refractivity contribution is 7.92. The second-order valence-electron chi connectivity index (χ2n) is 11.3. The van der Waals surface area contributed by atoms with Crippen molar-refractivity contribution in [3.05, 3.63) is 60.3 Å². The second kappa shape index (κ2) is 13.3. The molecule has 0 spiro atoms. The summed E-state index contributed by atoms with van der Waals surface area (Å²) >= 11 is 0. The molecule has 0 saturated carbocycles. The topological polar surface area (TPSA) is 147 Å². The molecule has 1 saturated heterocycles. The first-order chi connectivity index (χ1) is 21.7. The molecule has 16 heteroatoms. The molecule has 1 aliphatic heterocycles. The lowest BCUT2D eigenvalue weighted by Gasteiger charge is -2.36. The highest BCUT2D eigenvalue weighted by Crippen LogP contribution is 2.34. The second-order valence-corrected chi connectivity index (χ2v) is 15.2. The number of pyridine rings is 1. The molecule has 3 heterocycles. The van der Waals surface area contributed by atoms with Crippen molar-refractivity contribution in [2.45, 2.75) is 23.8 Å². The lowest BCUT2D eigenvalue weighted by atomic mass is 10.0. The zero-order chi connectivity index (χ0) is 33.2. The minimum Gasteiger partial charge on any atom is -0.480 e. The van der Waals surface area contributed by atoms with Crippen molar-refractivity contribution >= 4 is 48.2 Å². The van der Waals surface area contributed by atoms with Crippen LogP contribution in [-0.4, -0.2) is 95.6 Å². The van der Waals surface area contributed by atoms with Crippen LogP contribution >= 0.6 is 0 Å². The third kappa shape index (κ3) is 7.62. The van der Waals surface area contributed by atoms with Gasteiger partial charge in [0.25, 0.3) is 10.0 Å². The van der Waals surface area contributed by atoms with Crippen molar-refractivity contribution in [1.82, 2.24) is 19.9 Å². The number of hydrogen-bond acceptors (Lipinski definition) is 11. The maximum Gasteiger partial charge on any atom is 0.267 e. The van der Waals surface area contributed by atoms with Gasteiger partial charge in [0.2, 0.25) is 11.8 Å². The van der Waals surface area contributed by atoms with Crippen LogP contribution in [0.4, 0.5) is 26.2 Å². The molecule has 1 aliphatic rings. The van der Waals surface area contributed by atoms with Gasteiger partial charge in [-0.3, -0.25) is 4.72 Å². The van der Waals surface area contributed by atoms with Crippen LogP contribution in [0.15, 0.2) is 53.6 Å². The van der Waals surface area contributed by atoms with Gasteiger partial charge in [-0.05, 0) is 62.8 Å². The SMILES string of the molecule is COc1ncc(-c2ccc3nc(NCCS(C)(=O)=O)nc(N4CCC(N(C)C)CC4)c3c2)cc1S(=O)(=O)Nc1ccc(F)cc1F. The normalized spacial score (nSPS) is 14.5. The Morgan fingerprint density at radius 3 is 2.39 bits per heavy atom. The molecule has 4 aromatic rings. The van der Waals surface area contributed by atoms with E-state index in [9.17, 15) is 25.6 Å². The van der Waals surface area contributed by atoms with Crippen LogP contribution in [0.5, 0.6) is 5.88 Å². The van der Waals surface area contributed by atoms with E-state index < -0.39 is 37.2 Å². The van der Waals surface area contributed by atoms with E-state index in [4.69, 9.17) is 9.72 Å². The standard InChI is InChI=1S/C30H35F2N7O5S2/c1-38(2)22-9-12-39(13-10-22)28-23-15-19(5-7-25(23)35-30(36-28)33-11-14-45(4,40)41)20-16-27(29(44-3)34-18-20)46(42,43)37-26-8-6-21(31)17-24(26)32/h5-8,15-18,22,37H,9-14H2,1-4H3,(H,33,35,36). The molecule has 0 atom stereocenters. The van der Waals surface area contributed by atoms with E-state index in [1.54, 1.807) is 12.1 Å². The zero-order valence-electron chi connectivity index (χ0n) is 25.8. The van der Waals surface area contributed by atoms with Gasteiger partial charge in [-0.1, -0.05) is 6.07 Å². The van der Waals surface area contributed by atoms with Gasteiger partial charge in [-0.2, -0.15) is 4.98 Å². The van der Waals surface area contributed by atoms with Crippen molar-refractivity contribution in [1.29, 1.82) is 0 Å². The molecule has 0 amide bonds. The summed E-state index contributed by atoms with van der Waals surface area (Å²) in [6, 6.07) is 9.67. The third-order valence-electron chi connectivity index (χ3n) is 7.74. The number of methoxy groups -OCH3 is 1. The number of halogens is 2. The third-order valence-corrected chi connectivity index (χ3v) is 10.0. The largest absolute Gasteiger partial charge is 0.480 e. The Morgan fingerprint density at radius 2 is 1.74 bits per heavy atom. The number of benzene rings is 2. The van der Waals surface area contributed by atoms with Crippen LogP contribution in [-0.2, 0) is 19.9 Å². The number of rotatable bonds is 11. The fraction of sp³-hybridized carbons (Fsp3) is 0.367. The van der Waals surface area contributed by atoms with Gasteiger partial charge in [-0.15, -0.1) is 0 Å². The Balaban J connectivity index is 1.54. The van der Waals surface area contributed by atoms with E-state index in [1.807, 2.05) is 6.07 Å². The van der Waals surface area contributed by atoms with Crippen molar-refractivity contribution < 1.29 is 30.4 Å². The van der Waals surface area contributed by atoms with E-state index in [1.165, 1.54) is 25.6 Å². The van der Waals surface area contributed by atoms with Crippen LogP contribution < -0.4 is 19.7 Å². The van der Waals surface area contributed by atoms with Crippen molar-refractivity contribution in [2.24, 2.45) is 0 Å². The Morgan fingerprint density at radius 1 is 1.00 bits per heavy atom. The minimum absolute atomic E-state index is 0.0741. The summed E-state index contributed by atoms with van der Waals surface area (Å²) in [6.45, 7) is 1.62. The van der Waals surface area contributed by atoms with Crippen LogP contribution in [0.2, 0.25) is 0 Å². The first-order valence-electron chi connectivity index (χ1n) is 14.4. The average molecular weight is 676 g/mol. The summed E-state index contributed by atoms with van der Waals surface area (Å²) in [5, 5.41) is 3.74. The quantitative estimate of drug-likeness (QED) is 0.240. The molecule has 0 aliphatic carbocycles. The molecule has 246 valence electrons. The summed E-state index contributed by atoms with van der Waals surface area (Å²) in [7, 11) is -2.23. The number of ether oxygens (including phenoxy) is 1. The Kier molecular flexibility index (Phi) is 9.60. The summed E-state index contributed by atoms with van der Waals surface area (Å²) in [6.07, 6.45) is 4.46. The highest BCUT2D eigenvalue weighted by Gasteiger charge is 2.26. The van der Waals surface area contributed by atoms with Crippen molar-refractivity contribution in [2.75, 3.05) is 67.8 Å². The Bertz CT molecular complexity index is 1970. The molecule has 0 radical (unpaired) electrons. The number of piperidine rings is 1. The fourth-order valence-electron chi connectivity index (χ4n) is 5.26. The number of aromatic nitrogens is 3. The summed E-state index contributed by atoms with van der Waals surface area (Å²) < 4.78 is 85.2. The number of fused-ring (bicyclic) bond motifs is 1. The number of nitrogens with zero attached hydrogens (tertiary/aromatic N) is 5. The molecule has 0 bridgehead atoms. The zero-order valence-corrected chi connectivity index (χ0v) is 27.4. The fourth-order valence-corrected chi connectivity index (χ4v) is 6.95. The van der Waals surface area contributed by atoms with Gasteiger partial charge in [0, 0.05) is 55.1 Å². The highest BCUT2D eigenvalue weighted by atomic mass is 32.2. The maximum atomic E-state index is 14.3. The van der Waals surface area contributed by atoms with Gasteiger partial charge in [0.05, 0.1) is 24.1 Å². The monoisotopic (exact) mass is 675 g/mol.